The first-order valence-electron chi connectivity index (χ1n) is 5.27. The summed E-state index contributed by atoms with van der Waals surface area (Å²) in [5, 5.41) is 2.82. The van der Waals surface area contributed by atoms with Gasteiger partial charge in [-0.2, -0.15) is 0 Å². The van der Waals surface area contributed by atoms with Crippen molar-refractivity contribution in [2.75, 3.05) is 13.2 Å². The normalized spacial score (nSPS) is 21.1. The maximum atomic E-state index is 11.6. The molecule has 0 aromatic heterocycles. The minimum absolute atomic E-state index is 0.0321. The summed E-state index contributed by atoms with van der Waals surface area (Å²) in [5.41, 5.74) is 5.26. The molecule has 3 N–H and O–H groups in total. The second-order valence-electron chi connectivity index (χ2n) is 3.99. The van der Waals surface area contributed by atoms with Crippen LogP contribution in [0.5, 0.6) is 0 Å². The summed E-state index contributed by atoms with van der Waals surface area (Å²) in [5.74, 6) is -0.0321. The van der Waals surface area contributed by atoms with Crippen molar-refractivity contribution in [1.82, 2.24) is 5.32 Å². The molecule has 1 amide bonds. The lowest BCUT2D eigenvalue weighted by Crippen LogP contribution is -2.59. The van der Waals surface area contributed by atoms with Crippen LogP contribution in [0, 0.1) is 0 Å². The molecule has 1 aliphatic rings. The zero-order chi connectivity index (χ0) is 10.6. The summed E-state index contributed by atoms with van der Waals surface area (Å²) in [6, 6.07) is 0. The molecule has 1 atom stereocenters. The van der Waals surface area contributed by atoms with Crippen LogP contribution in [0.4, 0.5) is 0 Å². The summed E-state index contributed by atoms with van der Waals surface area (Å²) >= 11 is 0. The van der Waals surface area contributed by atoms with Crippen LogP contribution >= 0.6 is 0 Å². The van der Waals surface area contributed by atoms with Crippen LogP contribution in [0.1, 0.15) is 33.1 Å². The van der Waals surface area contributed by atoms with Gasteiger partial charge in [0.05, 0.1) is 11.6 Å². The van der Waals surface area contributed by atoms with Gasteiger partial charge in [-0.25, -0.2) is 0 Å². The zero-order valence-corrected chi connectivity index (χ0v) is 9.01. The Bertz CT molecular complexity index is 202. The summed E-state index contributed by atoms with van der Waals surface area (Å²) in [6.45, 7) is 5.10. The van der Waals surface area contributed by atoms with E-state index in [2.05, 4.69) is 5.32 Å². The van der Waals surface area contributed by atoms with E-state index in [1.807, 2.05) is 13.8 Å². The van der Waals surface area contributed by atoms with Gasteiger partial charge in [0.2, 0.25) is 5.91 Å². The zero-order valence-electron chi connectivity index (χ0n) is 9.01. The summed E-state index contributed by atoms with van der Waals surface area (Å²) in [4.78, 5) is 11.6. The van der Waals surface area contributed by atoms with Crippen LogP contribution in [0.25, 0.3) is 0 Å². The largest absolute Gasteiger partial charge is 0.377 e. The van der Waals surface area contributed by atoms with Gasteiger partial charge < -0.3 is 15.8 Å². The fourth-order valence-corrected chi connectivity index (χ4v) is 1.54. The maximum absolute atomic E-state index is 11.6. The quantitative estimate of drug-likeness (QED) is 0.675. The van der Waals surface area contributed by atoms with E-state index in [-0.39, 0.29) is 12.0 Å². The maximum Gasteiger partial charge on any atom is 0.240 e. The number of ether oxygens (including phenoxy) is 1. The molecule has 0 bridgehead atoms. The summed E-state index contributed by atoms with van der Waals surface area (Å²) < 4.78 is 5.30. The van der Waals surface area contributed by atoms with Gasteiger partial charge in [-0.05, 0) is 33.1 Å². The highest BCUT2D eigenvalue weighted by Crippen LogP contribution is 2.28. The van der Waals surface area contributed by atoms with E-state index >= 15 is 0 Å². The first-order valence-corrected chi connectivity index (χ1v) is 5.27. The smallest absolute Gasteiger partial charge is 0.240 e. The topological polar surface area (TPSA) is 64.3 Å². The van der Waals surface area contributed by atoms with Crippen LogP contribution in [-0.4, -0.2) is 30.7 Å². The second-order valence-corrected chi connectivity index (χ2v) is 3.99. The van der Waals surface area contributed by atoms with Crippen molar-refractivity contribution in [3.8, 4) is 0 Å². The molecule has 1 unspecified atom stereocenters. The van der Waals surface area contributed by atoms with Gasteiger partial charge in [-0.15, -0.1) is 0 Å². The Morgan fingerprint density at radius 3 is 2.71 bits per heavy atom. The third-order valence-corrected chi connectivity index (χ3v) is 2.70. The van der Waals surface area contributed by atoms with Crippen LogP contribution in [0.15, 0.2) is 0 Å². The Balaban J connectivity index is 2.20. The first-order chi connectivity index (χ1) is 6.58. The Kier molecular flexibility index (Phi) is 3.89. The SMILES string of the molecule is CCOC(C)CNC(=O)C1(N)CCC1. The predicted molar refractivity (Wildman–Crippen MR) is 54.9 cm³/mol. The number of carbonyl (C=O) groups excluding carboxylic acids is 1. The van der Waals surface area contributed by atoms with Gasteiger partial charge in [0.15, 0.2) is 0 Å². The minimum atomic E-state index is -0.591. The number of nitrogens with one attached hydrogen (secondary N) is 1. The van der Waals surface area contributed by atoms with Gasteiger partial charge in [0.1, 0.15) is 0 Å². The van der Waals surface area contributed by atoms with E-state index in [0.717, 1.165) is 19.3 Å². The molecule has 0 aliphatic heterocycles. The van der Waals surface area contributed by atoms with Gasteiger partial charge in [-0.3, -0.25) is 4.79 Å². The van der Waals surface area contributed by atoms with Gasteiger partial charge >= 0.3 is 0 Å². The molecule has 0 saturated heterocycles. The molecule has 4 heteroatoms. The highest BCUT2D eigenvalue weighted by molar-refractivity contribution is 5.86. The number of nitrogens with two attached hydrogens (primary N) is 1. The highest BCUT2D eigenvalue weighted by atomic mass is 16.5. The molecule has 82 valence electrons. The number of hydrogen-bond donors (Lipinski definition) is 2. The van der Waals surface area contributed by atoms with E-state index in [1.165, 1.54) is 0 Å². The fraction of sp³-hybridized carbons (Fsp3) is 0.900. The Labute approximate surface area is 85.2 Å². The van der Waals surface area contributed by atoms with Crippen molar-refractivity contribution >= 4 is 5.91 Å². The molecule has 0 heterocycles. The molecule has 0 radical (unpaired) electrons. The molecular formula is C10H20N2O2. The van der Waals surface area contributed by atoms with Crippen molar-refractivity contribution in [3.63, 3.8) is 0 Å². The minimum Gasteiger partial charge on any atom is -0.377 e. The third kappa shape index (κ3) is 2.69. The fourth-order valence-electron chi connectivity index (χ4n) is 1.54. The Morgan fingerprint density at radius 1 is 1.64 bits per heavy atom. The molecule has 0 spiro atoms. The van der Waals surface area contributed by atoms with Crippen molar-refractivity contribution in [2.45, 2.75) is 44.8 Å². The van der Waals surface area contributed by atoms with Crippen molar-refractivity contribution in [2.24, 2.45) is 5.73 Å². The lowest BCUT2D eigenvalue weighted by atomic mass is 9.77. The standard InChI is InChI=1S/C10H20N2O2/c1-3-14-8(2)7-12-9(13)10(11)5-4-6-10/h8H,3-7,11H2,1-2H3,(H,12,13). The van der Waals surface area contributed by atoms with E-state index in [0.29, 0.717) is 13.2 Å². The Hall–Kier alpha value is -0.610. The summed E-state index contributed by atoms with van der Waals surface area (Å²) in [6.07, 6.45) is 2.74. The molecule has 0 aromatic carbocycles. The van der Waals surface area contributed by atoms with Gasteiger partial charge in [0.25, 0.3) is 0 Å². The lowest BCUT2D eigenvalue weighted by Gasteiger charge is -2.36. The monoisotopic (exact) mass is 200 g/mol. The number of rotatable bonds is 5. The van der Waals surface area contributed by atoms with E-state index in [4.69, 9.17) is 10.5 Å². The second kappa shape index (κ2) is 4.75. The molecule has 0 aromatic rings. The molecule has 14 heavy (non-hydrogen) atoms. The molecule has 1 saturated carbocycles. The Morgan fingerprint density at radius 2 is 2.29 bits per heavy atom. The third-order valence-electron chi connectivity index (χ3n) is 2.70. The number of carbonyl (C=O) groups is 1. The molecule has 4 nitrogen and oxygen atoms in total. The molecule has 1 fully saturated rings. The van der Waals surface area contributed by atoms with Crippen LogP contribution in [0.2, 0.25) is 0 Å². The van der Waals surface area contributed by atoms with Gasteiger partial charge in [-0.1, -0.05) is 0 Å². The lowest BCUT2D eigenvalue weighted by molar-refractivity contribution is -0.129. The van der Waals surface area contributed by atoms with Crippen LogP contribution in [0.3, 0.4) is 0 Å². The van der Waals surface area contributed by atoms with E-state index in [9.17, 15) is 4.79 Å². The molecule has 1 aliphatic carbocycles. The van der Waals surface area contributed by atoms with E-state index < -0.39 is 5.54 Å². The number of amides is 1. The molecule has 1 rings (SSSR count). The van der Waals surface area contributed by atoms with Crippen LogP contribution in [-0.2, 0) is 9.53 Å². The van der Waals surface area contributed by atoms with Crippen molar-refractivity contribution in [1.29, 1.82) is 0 Å². The first kappa shape index (κ1) is 11.5. The predicted octanol–water partition coefficient (Wildman–Crippen LogP) is 0.409. The summed E-state index contributed by atoms with van der Waals surface area (Å²) in [7, 11) is 0. The van der Waals surface area contributed by atoms with Crippen molar-refractivity contribution < 1.29 is 9.53 Å². The molecular weight excluding hydrogens is 180 g/mol. The van der Waals surface area contributed by atoms with Gasteiger partial charge in [0, 0.05) is 13.2 Å². The number of hydrogen-bond acceptors (Lipinski definition) is 3. The van der Waals surface area contributed by atoms with E-state index in [1.54, 1.807) is 0 Å². The average Bonchev–Trinajstić information content (AvgIpc) is 2.11. The average molecular weight is 200 g/mol. The van der Waals surface area contributed by atoms with Crippen LogP contribution < -0.4 is 11.1 Å². The highest BCUT2D eigenvalue weighted by Gasteiger charge is 2.39. The van der Waals surface area contributed by atoms with Crippen molar-refractivity contribution in [3.05, 3.63) is 0 Å².